The van der Waals surface area contributed by atoms with Crippen LogP contribution in [0, 0.1) is 0 Å². The van der Waals surface area contributed by atoms with Crippen LogP contribution in [0.5, 0.6) is 5.75 Å². The number of carbonyl (C=O) groups is 1. The molecule has 0 aliphatic rings. The minimum absolute atomic E-state index is 0.237. The quantitative estimate of drug-likeness (QED) is 0.604. The molecule has 0 unspecified atom stereocenters. The molecule has 5 heteroatoms. The van der Waals surface area contributed by atoms with Gasteiger partial charge in [0.05, 0.1) is 7.11 Å². The fourth-order valence-corrected chi connectivity index (χ4v) is 2.85. The molecule has 136 valence electrons. The summed E-state index contributed by atoms with van der Waals surface area (Å²) in [5.74, 6) is 0.679. The number of hydrogen-bond acceptors (Lipinski definition) is 4. The van der Waals surface area contributed by atoms with Crippen LogP contribution in [0.25, 0.3) is 11.0 Å². The summed E-state index contributed by atoms with van der Waals surface area (Å²) >= 11 is 0. The first-order chi connectivity index (χ1) is 12.7. The molecule has 0 bridgehead atoms. The summed E-state index contributed by atoms with van der Waals surface area (Å²) in [6, 6.07) is 15.5. The van der Waals surface area contributed by atoms with Gasteiger partial charge in [-0.15, -0.1) is 0 Å². The highest BCUT2D eigenvalue weighted by Gasteiger charge is 2.17. The van der Waals surface area contributed by atoms with Gasteiger partial charge in [0.25, 0.3) is 5.91 Å². The number of rotatable bonds is 8. The zero-order valence-corrected chi connectivity index (χ0v) is 15.2. The van der Waals surface area contributed by atoms with Crippen molar-refractivity contribution in [1.29, 1.82) is 0 Å². The van der Waals surface area contributed by atoms with E-state index in [2.05, 4.69) is 17.6 Å². The van der Waals surface area contributed by atoms with Gasteiger partial charge in [-0.2, -0.15) is 0 Å². The Morgan fingerprint density at radius 3 is 2.65 bits per heavy atom. The molecule has 5 nitrogen and oxygen atoms in total. The predicted molar refractivity (Wildman–Crippen MR) is 102 cm³/mol. The molecule has 2 aromatic carbocycles. The summed E-state index contributed by atoms with van der Waals surface area (Å²) in [5.41, 5.74) is 2.73. The second-order valence-corrected chi connectivity index (χ2v) is 6.13. The van der Waals surface area contributed by atoms with Gasteiger partial charge in [-0.25, -0.2) is 0 Å². The van der Waals surface area contributed by atoms with Crippen molar-refractivity contribution in [3.8, 4) is 5.75 Å². The largest absolute Gasteiger partial charge is 0.493 e. The number of fused-ring (bicyclic) bond motifs is 1. The van der Waals surface area contributed by atoms with Crippen LogP contribution in [0.3, 0.4) is 0 Å². The van der Waals surface area contributed by atoms with Crippen LogP contribution >= 0.6 is 0 Å². The standard InChI is InChI=1S/C21H24N2O3/c1-3-11-22-14-16-9-10-18(25-2)20-17(16)12-19(26-20)21(24)23-13-15-7-5-4-6-8-15/h4-10,12,22H,3,11,13-14H2,1-2H3,(H,23,24). The lowest BCUT2D eigenvalue weighted by Crippen LogP contribution is -2.22. The Hall–Kier alpha value is -2.79. The van der Waals surface area contributed by atoms with Crippen LogP contribution < -0.4 is 15.4 Å². The smallest absolute Gasteiger partial charge is 0.287 e. The van der Waals surface area contributed by atoms with Crippen LogP contribution in [0.2, 0.25) is 0 Å². The van der Waals surface area contributed by atoms with Crippen molar-refractivity contribution >= 4 is 16.9 Å². The molecule has 3 aromatic rings. The molecule has 1 aromatic heterocycles. The maximum absolute atomic E-state index is 12.5. The molecule has 2 N–H and O–H groups in total. The molecule has 0 radical (unpaired) electrons. The van der Waals surface area contributed by atoms with Crippen LogP contribution in [-0.4, -0.2) is 19.6 Å². The zero-order chi connectivity index (χ0) is 18.4. The minimum atomic E-state index is -0.237. The summed E-state index contributed by atoms with van der Waals surface area (Å²) < 4.78 is 11.2. The highest BCUT2D eigenvalue weighted by Crippen LogP contribution is 2.31. The molecule has 1 heterocycles. The summed E-state index contributed by atoms with van der Waals surface area (Å²) in [6.45, 7) is 4.25. The average Bonchev–Trinajstić information content (AvgIpc) is 3.13. The van der Waals surface area contributed by atoms with Gasteiger partial charge in [0.2, 0.25) is 0 Å². The van der Waals surface area contributed by atoms with Gasteiger partial charge in [0.1, 0.15) is 0 Å². The second kappa shape index (κ2) is 8.54. The van der Waals surface area contributed by atoms with Gasteiger partial charge < -0.3 is 19.8 Å². The Morgan fingerprint density at radius 1 is 1.12 bits per heavy atom. The van der Waals surface area contributed by atoms with Crippen molar-refractivity contribution < 1.29 is 13.9 Å². The maximum Gasteiger partial charge on any atom is 0.287 e. The molecular formula is C21H24N2O3. The molecule has 26 heavy (non-hydrogen) atoms. The van der Waals surface area contributed by atoms with Gasteiger partial charge in [-0.3, -0.25) is 4.79 Å². The lowest BCUT2D eigenvalue weighted by atomic mass is 10.1. The number of ether oxygens (including phenoxy) is 1. The van der Waals surface area contributed by atoms with Gasteiger partial charge in [0.15, 0.2) is 17.1 Å². The zero-order valence-electron chi connectivity index (χ0n) is 15.2. The minimum Gasteiger partial charge on any atom is -0.493 e. The Balaban J connectivity index is 1.82. The fraction of sp³-hybridized carbons (Fsp3) is 0.286. The third-order valence-corrected chi connectivity index (χ3v) is 4.22. The van der Waals surface area contributed by atoms with Gasteiger partial charge in [-0.1, -0.05) is 43.3 Å². The SMILES string of the molecule is CCCNCc1ccc(OC)c2oc(C(=O)NCc3ccccc3)cc12. The van der Waals surface area contributed by atoms with Crippen LogP contribution in [0.15, 0.2) is 52.9 Å². The van der Waals surface area contributed by atoms with Crippen molar-refractivity contribution in [2.75, 3.05) is 13.7 Å². The molecule has 0 fully saturated rings. The number of furan rings is 1. The normalized spacial score (nSPS) is 10.8. The first kappa shape index (κ1) is 18.0. The highest BCUT2D eigenvalue weighted by atomic mass is 16.5. The lowest BCUT2D eigenvalue weighted by Gasteiger charge is -2.06. The van der Waals surface area contributed by atoms with E-state index in [0.717, 1.165) is 36.0 Å². The Bertz CT molecular complexity index is 872. The molecule has 0 saturated carbocycles. The van der Waals surface area contributed by atoms with E-state index in [1.165, 1.54) is 0 Å². The molecule has 3 rings (SSSR count). The lowest BCUT2D eigenvalue weighted by molar-refractivity contribution is 0.0925. The van der Waals surface area contributed by atoms with Gasteiger partial charge in [-0.05, 0) is 36.2 Å². The monoisotopic (exact) mass is 352 g/mol. The maximum atomic E-state index is 12.5. The van der Waals surface area contributed by atoms with E-state index in [-0.39, 0.29) is 11.7 Å². The molecule has 0 spiro atoms. The molecule has 0 aliphatic carbocycles. The van der Waals surface area contributed by atoms with E-state index in [9.17, 15) is 4.79 Å². The fourth-order valence-electron chi connectivity index (χ4n) is 2.85. The number of benzene rings is 2. The third kappa shape index (κ3) is 4.06. The third-order valence-electron chi connectivity index (χ3n) is 4.22. The van der Waals surface area contributed by atoms with Crippen LogP contribution in [-0.2, 0) is 13.1 Å². The number of hydrogen-bond donors (Lipinski definition) is 2. The summed E-state index contributed by atoms with van der Waals surface area (Å²) in [4.78, 5) is 12.5. The van der Waals surface area contributed by atoms with Crippen molar-refractivity contribution in [1.82, 2.24) is 10.6 Å². The number of carbonyl (C=O) groups excluding carboxylic acids is 1. The van der Waals surface area contributed by atoms with Gasteiger partial charge in [0, 0.05) is 18.5 Å². The van der Waals surface area contributed by atoms with Crippen molar-refractivity contribution in [2.45, 2.75) is 26.4 Å². The topological polar surface area (TPSA) is 63.5 Å². The van der Waals surface area contributed by atoms with E-state index in [0.29, 0.717) is 17.9 Å². The molecule has 0 atom stereocenters. The van der Waals surface area contributed by atoms with E-state index in [1.807, 2.05) is 42.5 Å². The highest BCUT2D eigenvalue weighted by molar-refractivity contribution is 5.98. The van der Waals surface area contributed by atoms with Crippen LogP contribution in [0.1, 0.15) is 35.0 Å². The molecule has 1 amide bonds. The number of amides is 1. The van der Waals surface area contributed by atoms with E-state index in [4.69, 9.17) is 9.15 Å². The molecular weight excluding hydrogens is 328 g/mol. The summed E-state index contributed by atoms with van der Waals surface area (Å²) in [5, 5.41) is 7.18. The van der Waals surface area contributed by atoms with Crippen molar-refractivity contribution in [2.24, 2.45) is 0 Å². The average molecular weight is 352 g/mol. The Morgan fingerprint density at radius 2 is 1.92 bits per heavy atom. The first-order valence-electron chi connectivity index (χ1n) is 8.85. The van der Waals surface area contributed by atoms with E-state index < -0.39 is 0 Å². The summed E-state index contributed by atoms with van der Waals surface area (Å²) in [6.07, 6.45) is 1.07. The number of nitrogens with one attached hydrogen (secondary N) is 2. The predicted octanol–water partition coefficient (Wildman–Crippen LogP) is 3.87. The van der Waals surface area contributed by atoms with E-state index >= 15 is 0 Å². The first-order valence-corrected chi connectivity index (χ1v) is 8.85. The van der Waals surface area contributed by atoms with E-state index in [1.54, 1.807) is 13.2 Å². The molecule has 0 saturated heterocycles. The Labute approximate surface area is 153 Å². The van der Waals surface area contributed by atoms with Crippen molar-refractivity contribution in [3.63, 3.8) is 0 Å². The molecule has 0 aliphatic heterocycles. The number of methoxy groups -OCH3 is 1. The summed E-state index contributed by atoms with van der Waals surface area (Å²) in [7, 11) is 1.60. The van der Waals surface area contributed by atoms with Gasteiger partial charge >= 0.3 is 0 Å². The second-order valence-electron chi connectivity index (χ2n) is 6.13. The van der Waals surface area contributed by atoms with Crippen LogP contribution in [0.4, 0.5) is 0 Å². The Kier molecular flexibility index (Phi) is 5.92. The van der Waals surface area contributed by atoms with Crippen molar-refractivity contribution in [3.05, 3.63) is 65.4 Å².